The molecule has 0 amide bonds. The zero-order chi connectivity index (χ0) is 15.8. The molecule has 0 atom stereocenters. The van der Waals surface area contributed by atoms with Crippen molar-refractivity contribution in [3.05, 3.63) is 90.1 Å². The standard InChI is InChI=1S/C21H25N/c1-17-9-4-3-5-10-18(2)20(13-8-16-22)21-12-7-6-11-19(21)15-14-17/h4-7,9-13H,1-3,8,14-16,22H2/b9-4-,10-5-,20-13-. The van der Waals surface area contributed by atoms with Gasteiger partial charge in [0.25, 0.3) is 0 Å². The van der Waals surface area contributed by atoms with Crippen LogP contribution in [0, 0.1) is 0 Å². The van der Waals surface area contributed by atoms with Crippen molar-refractivity contribution in [2.24, 2.45) is 5.73 Å². The molecule has 0 unspecified atom stereocenters. The van der Waals surface area contributed by atoms with Crippen LogP contribution in [0.3, 0.4) is 0 Å². The highest BCUT2D eigenvalue weighted by atomic mass is 14.5. The molecular formula is C21H25N. The van der Waals surface area contributed by atoms with Gasteiger partial charge in [-0.1, -0.05) is 73.4 Å². The first-order valence-corrected chi connectivity index (χ1v) is 7.91. The molecule has 1 heteroatoms. The average molecular weight is 291 g/mol. The Kier molecular flexibility index (Phi) is 6.17. The first-order chi connectivity index (χ1) is 10.7. The largest absolute Gasteiger partial charge is 0.330 e. The van der Waals surface area contributed by atoms with E-state index in [1.54, 1.807) is 0 Å². The van der Waals surface area contributed by atoms with E-state index >= 15 is 0 Å². The lowest BCUT2D eigenvalue weighted by atomic mass is 9.90. The Bertz CT molecular complexity index is 629. The zero-order valence-corrected chi connectivity index (χ0v) is 13.2. The fourth-order valence-corrected chi connectivity index (χ4v) is 2.63. The van der Waals surface area contributed by atoms with Crippen LogP contribution in [0.5, 0.6) is 0 Å². The molecule has 114 valence electrons. The number of hydrogen-bond donors (Lipinski definition) is 1. The van der Waals surface area contributed by atoms with E-state index in [2.05, 4.69) is 67.8 Å². The molecule has 0 bridgehead atoms. The molecule has 1 nitrogen and oxygen atoms in total. The maximum Gasteiger partial charge on any atom is -0.00423 e. The smallest absolute Gasteiger partial charge is 0.00423 e. The third-order valence-corrected chi connectivity index (χ3v) is 3.83. The Morgan fingerprint density at radius 1 is 1.05 bits per heavy atom. The summed E-state index contributed by atoms with van der Waals surface area (Å²) in [5.74, 6) is 0. The van der Waals surface area contributed by atoms with Gasteiger partial charge in [-0.05, 0) is 54.5 Å². The van der Waals surface area contributed by atoms with Crippen molar-refractivity contribution in [2.75, 3.05) is 6.54 Å². The molecule has 2 N–H and O–H groups in total. The van der Waals surface area contributed by atoms with E-state index < -0.39 is 0 Å². The van der Waals surface area contributed by atoms with Crippen LogP contribution in [0.4, 0.5) is 0 Å². The molecule has 2 rings (SSSR count). The normalized spacial score (nSPS) is 20.9. The van der Waals surface area contributed by atoms with Gasteiger partial charge >= 0.3 is 0 Å². The Morgan fingerprint density at radius 2 is 1.82 bits per heavy atom. The summed E-state index contributed by atoms with van der Waals surface area (Å²) < 4.78 is 0. The van der Waals surface area contributed by atoms with Crippen molar-refractivity contribution >= 4 is 5.57 Å². The predicted molar refractivity (Wildman–Crippen MR) is 97.6 cm³/mol. The van der Waals surface area contributed by atoms with Crippen molar-refractivity contribution in [3.8, 4) is 0 Å². The van der Waals surface area contributed by atoms with E-state index in [4.69, 9.17) is 5.73 Å². The van der Waals surface area contributed by atoms with Gasteiger partial charge in [0.15, 0.2) is 0 Å². The molecule has 1 aliphatic rings. The van der Waals surface area contributed by atoms with E-state index in [0.29, 0.717) is 6.54 Å². The summed E-state index contributed by atoms with van der Waals surface area (Å²) >= 11 is 0. The number of nitrogens with two attached hydrogens (primary N) is 1. The van der Waals surface area contributed by atoms with Gasteiger partial charge in [0, 0.05) is 0 Å². The molecule has 0 radical (unpaired) electrons. The molecule has 0 fully saturated rings. The molecule has 0 aliphatic heterocycles. The van der Waals surface area contributed by atoms with Crippen LogP contribution < -0.4 is 5.73 Å². The number of rotatable bonds is 2. The van der Waals surface area contributed by atoms with Crippen molar-refractivity contribution in [2.45, 2.75) is 25.7 Å². The summed E-state index contributed by atoms with van der Waals surface area (Å²) in [5, 5.41) is 0. The van der Waals surface area contributed by atoms with Gasteiger partial charge in [-0.15, -0.1) is 0 Å². The first-order valence-electron chi connectivity index (χ1n) is 7.91. The summed E-state index contributed by atoms with van der Waals surface area (Å²) in [4.78, 5) is 0. The molecule has 0 saturated carbocycles. The fraction of sp³-hybridized carbons (Fsp3) is 0.238. The molecule has 1 aromatic carbocycles. The van der Waals surface area contributed by atoms with Crippen LogP contribution in [-0.4, -0.2) is 6.54 Å². The quantitative estimate of drug-likeness (QED) is 0.817. The van der Waals surface area contributed by atoms with Gasteiger partial charge in [0.2, 0.25) is 0 Å². The highest BCUT2D eigenvalue weighted by Crippen LogP contribution is 2.28. The summed E-state index contributed by atoms with van der Waals surface area (Å²) in [6.07, 6.45) is 14.5. The summed E-state index contributed by atoms with van der Waals surface area (Å²) in [7, 11) is 0. The Morgan fingerprint density at radius 3 is 2.64 bits per heavy atom. The van der Waals surface area contributed by atoms with E-state index in [-0.39, 0.29) is 0 Å². The highest BCUT2D eigenvalue weighted by molar-refractivity contribution is 5.82. The Hall–Kier alpha value is -2.12. The Balaban J connectivity index is 2.46. The number of benzene rings is 1. The van der Waals surface area contributed by atoms with E-state index in [1.807, 2.05) is 0 Å². The van der Waals surface area contributed by atoms with Crippen molar-refractivity contribution in [1.29, 1.82) is 0 Å². The van der Waals surface area contributed by atoms with Crippen molar-refractivity contribution in [3.63, 3.8) is 0 Å². The van der Waals surface area contributed by atoms with Crippen LogP contribution in [0.1, 0.15) is 30.4 Å². The van der Waals surface area contributed by atoms with E-state index in [9.17, 15) is 0 Å². The number of aryl methyl sites for hydroxylation is 1. The first kappa shape index (κ1) is 16.3. The lowest BCUT2D eigenvalue weighted by molar-refractivity contribution is 0.961. The third kappa shape index (κ3) is 4.44. The lowest BCUT2D eigenvalue weighted by Crippen LogP contribution is -1.99. The summed E-state index contributed by atoms with van der Waals surface area (Å²) in [5.41, 5.74) is 11.7. The monoisotopic (exact) mass is 291 g/mol. The zero-order valence-electron chi connectivity index (χ0n) is 13.2. The van der Waals surface area contributed by atoms with Gasteiger partial charge in [-0.25, -0.2) is 0 Å². The average Bonchev–Trinajstić information content (AvgIpc) is 2.53. The van der Waals surface area contributed by atoms with Crippen LogP contribution in [0.2, 0.25) is 0 Å². The second-order valence-electron chi connectivity index (χ2n) is 5.58. The Labute approximate surface area is 134 Å². The lowest BCUT2D eigenvalue weighted by Gasteiger charge is -2.15. The maximum absolute atomic E-state index is 5.69. The van der Waals surface area contributed by atoms with Crippen LogP contribution in [0.15, 0.2) is 78.9 Å². The van der Waals surface area contributed by atoms with E-state index in [1.165, 1.54) is 22.3 Å². The van der Waals surface area contributed by atoms with Gasteiger partial charge < -0.3 is 5.73 Å². The molecular weight excluding hydrogens is 266 g/mol. The fourth-order valence-electron chi connectivity index (χ4n) is 2.63. The predicted octanol–water partition coefficient (Wildman–Crippen LogP) is 4.98. The molecule has 22 heavy (non-hydrogen) atoms. The number of fused-ring (bicyclic) bond motifs is 1. The van der Waals surface area contributed by atoms with Crippen LogP contribution in [-0.2, 0) is 6.42 Å². The van der Waals surface area contributed by atoms with Gasteiger partial charge in [-0.2, -0.15) is 0 Å². The molecule has 0 spiro atoms. The van der Waals surface area contributed by atoms with Crippen LogP contribution >= 0.6 is 0 Å². The molecule has 1 aliphatic carbocycles. The van der Waals surface area contributed by atoms with Crippen molar-refractivity contribution in [1.82, 2.24) is 0 Å². The topological polar surface area (TPSA) is 26.0 Å². The summed E-state index contributed by atoms with van der Waals surface area (Å²) in [6.45, 7) is 9.05. The third-order valence-electron chi connectivity index (χ3n) is 3.83. The van der Waals surface area contributed by atoms with Crippen LogP contribution in [0.25, 0.3) is 5.57 Å². The number of hydrogen-bond acceptors (Lipinski definition) is 1. The summed E-state index contributed by atoms with van der Waals surface area (Å²) in [6, 6.07) is 8.57. The minimum atomic E-state index is 0.655. The second-order valence-corrected chi connectivity index (χ2v) is 5.58. The minimum Gasteiger partial charge on any atom is -0.330 e. The SMILES string of the molecule is C=C1/C=C\C/C=C\C(=C)/C(=C/CCN)c2ccccc2CC1. The van der Waals surface area contributed by atoms with Gasteiger partial charge in [-0.3, -0.25) is 0 Å². The number of allylic oxidation sites excluding steroid dienone is 7. The molecule has 0 saturated heterocycles. The molecule has 1 aromatic rings. The maximum atomic E-state index is 5.69. The minimum absolute atomic E-state index is 0.655. The van der Waals surface area contributed by atoms with Gasteiger partial charge in [0.1, 0.15) is 0 Å². The highest BCUT2D eigenvalue weighted by Gasteiger charge is 2.09. The van der Waals surface area contributed by atoms with E-state index in [0.717, 1.165) is 31.3 Å². The van der Waals surface area contributed by atoms with Crippen molar-refractivity contribution < 1.29 is 0 Å². The molecule has 0 aromatic heterocycles. The second kappa shape index (κ2) is 8.35. The van der Waals surface area contributed by atoms with Gasteiger partial charge in [0.05, 0.1) is 0 Å². The molecule has 0 heterocycles.